The monoisotopic (exact) mass is 501 g/mol. The highest BCUT2D eigenvalue weighted by Crippen LogP contribution is 2.38. The van der Waals surface area contributed by atoms with Crippen LogP contribution in [0, 0.1) is 0 Å². The van der Waals surface area contributed by atoms with E-state index >= 15 is 0 Å². The molecular formula is C28H27N3O4S. The second-order valence-electron chi connectivity index (χ2n) is 8.67. The molecule has 7 nitrogen and oxygen atoms in total. The van der Waals surface area contributed by atoms with Crippen LogP contribution in [0.25, 0.3) is 11.3 Å². The van der Waals surface area contributed by atoms with E-state index in [1.165, 1.54) is 16.2 Å². The van der Waals surface area contributed by atoms with Crippen LogP contribution in [0.3, 0.4) is 0 Å². The fourth-order valence-corrected chi connectivity index (χ4v) is 5.67. The molecule has 0 fully saturated rings. The number of anilines is 1. The van der Waals surface area contributed by atoms with Gasteiger partial charge in [0.2, 0.25) is 0 Å². The van der Waals surface area contributed by atoms with Gasteiger partial charge in [0.1, 0.15) is 10.8 Å². The maximum absolute atomic E-state index is 13.2. The molecule has 0 unspecified atom stereocenters. The Hall–Kier alpha value is -3.91. The number of nitrogens with zero attached hydrogens (tertiary/aromatic N) is 1. The Morgan fingerprint density at radius 2 is 1.81 bits per heavy atom. The van der Waals surface area contributed by atoms with E-state index in [1.54, 1.807) is 13.2 Å². The Kier molecular flexibility index (Phi) is 7.13. The molecule has 2 N–H and O–H groups in total. The normalized spacial score (nSPS) is 12.6. The van der Waals surface area contributed by atoms with Crippen molar-refractivity contribution in [3.63, 3.8) is 0 Å². The Bertz CT molecular complexity index is 1360. The maximum Gasteiger partial charge on any atom is 0.278 e. The van der Waals surface area contributed by atoms with Gasteiger partial charge in [-0.05, 0) is 67.5 Å². The summed E-state index contributed by atoms with van der Waals surface area (Å²) in [5.41, 5.74) is 3.74. The van der Waals surface area contributed by atoms with E-state index in [0.717, 1.165) is 54.5 Å². The quantitative estimate of drug-likeness (QED) is 0.332. The second-order valence-corrected chi connectivity index (χ2v) is 9.77. The number of fused-ring (bicyclic) bond motifs is 1. The third-order valence-electron chi connectivity index (χ3n) is 6.28. The molecule has 2 heterocycles. The summed E-state index contributed by atoms with van der Waals surface area (Å²) >= 11 is 1.49. The van der Waals surface area contributed by atoms with Gasteiger partial charge in [-0.25, -0.2) is 0 Å². The van der Waals surface area contributed by atoms with Gasteiger partial charge in [0.05, 0.1) is 12.7 Å². The Balaban J connectivity index is 1.32. The number of aryl methyl sites for hydroxylation is 1. The molecule has 0 aliphatic heterocycles. The second kappa shape index (κ2) is 10.8. The summed E-state index contributed by atoms with van der Waals surface area (Å²) in [5.74, 6) is 0.648. The number of nitrogens with one attached hydrogen (secondary N) is 2. The first-order valence-electron chi connectivity index (χ1n) is 12.0. The summed E-state index contributed by atoms with van der Waals surface area (Å²) in [5, 5.41) is 10.5. The van der Waals surface area contributed by atoms with Gasteiger partial charge in [-0.1, -0.05) is 35.5 Å². The molecule has 0 atom stereocenters. The van der Waals surface area contributed by atoms with Crippen LogP contribution < -0.4 is 15.4 Å². The molecule has 0 saturated heterocycles. The van der Waals surface area contributed by atoms with Gasteiger partial charge in [-0.15, -0.1) is 11.3 Å². The van der Waals surface area contributed by atoms with Gasteiger partial charge in [0.15, 0.2) is 11.5 Å². The predicted octanol–water partition coefficient (Wildman–Crippen LogP) is 5.52. The third kappa shape index (κ3) is 5.18. The average Bonchev–Trinajstić information content (AvgIpc) is 3.54. The smallest absolute Gasteiger partial charge is 0.278 e. The van der Waals surface area contributed by atoms with Gasteiger partial charge in [-0.2, -0.15) is 0 Å². The lowest BCUT2D eigenvalue weighted by molar-refractivity contribution is 0.0954. The fourth-order valence-electron chi connectivity index (χ4n) is 4.39. The SMILES string of the molecule is COc1ccc(-c2cc(C(=O)Nc3sc4c(c3C(=O)NCCc3ccccc3)CCCC4)no2)cc1. The molecule has 0 saturated carbocycles. The van der Waals surface area contributed by atoms with Gasteiger partial charge in [0.25, 0.3) is 11.8 Å². The molecule has 5 rings (SSSR count). The molecule has 1 aliphatic carbocycles. The topological polar surface area (TPSA) is 93.5 Å². The summed E-state index contributed by atoms with van der Waals surface area (Å²) in [6, 6.07) is 19.0. The van der Waals surface area contributed by atoms with Crippen molar-refractivity contribution in [2.75, 3.05) is 19.0 Å². The lowest BCUT2D eigenvalue weighted by Crippen LogP contribution is -2.27. The summed E-state index contributed by atoms with van der Waals surface area (Å²) in [6.07, 6.45) is 4.63. The van der Waals surface area contributed by atoms with E-state index in [0.29, 0.717) is 22.9 Å². The van der Waals surface area contributed by atoms with E-state index < -0.39 is 5.91 Å². The highest BCUT2D eigenvalue weighted by molar-refractivity contribution is 7.17. The number of carbonyl (C=O) groups is 2. The van der Waals surface area contributed by atoms with Crippen LogP contribution in [0.1, 0.15) is 49.7 Å². The number of methoxy groups -OCH3 is 1. The summed E-state index contributed by atoms with van der Waals surface area (Å²) in [6.45, 7) is 0.523. The van der Waals surface area contributed by atoms with Crippen LogP contribution >= 0.6 is 11.3 Å². The van der Waals surface area contributed by atoms with Crippen LogP contribution in [-0.2, 0) is 19.3 Å². The Morgan fingerprint density at radius 3 is 2.58 bits per heavy atom. The summed E-state index contributed by atoms with van der Waals surface area (Å²) in [4.78, 5) is 27.5. The molecule has 36 heavy (non-hydrogen) atoms. The van der Waals surface area contributed by atoms with Gasteiger partial charge >= 0.3 is 0 Å². The Labute approximate surface area is 213 Å². The van der Waals surface area contributed by atoms with Crippen molar-refractivity contribution in [1.82, 2.24) is 10.5 Å². The zero-order valence-electron chi connectivity index (χ0n) is 20.0. The van der Waals surface area contributed by atoms with Crippen LogP contribution in [0.2, 0.25) is 0 Å². The van der Waals surface area contributed by atoms with Gasteiger partial charge in [0, 0.05) is 23.1 Å². The molecule has 0 radical (unpaired) electrons. The molecule has 184 valence electrons. The summed E-state index contributed by atoms with van der Waals surface area (Å²) < 4.78 is 10.6. The first-order valence-corrected chi connectivity index (χ1v) is 12.8. The van der Waals surface area contributed by atoms with Crippen LogP contribution in [-0.4, -0.2) is 30.6 Å². The zero-order valence-corrected chi connectivity index (χ0v) is 20.8. The first-order chi connectivity index (χ1) is 17.6. The molecule has 2 aromatic heterocycles. The number of thiophene rings is 1. The van der Waals surface area contributed by atoms with Crippen molar-refractivity contribution < 1.29 is 18.8 Å². The highest BCUT2D eigenvalue weighted by atomic mass is 32.1. The minimum atomic E-state index is -0.407. The minimum Gasteiger partial charge on any atom is -0.497 e. The van der Waals surface area contributed by atoms with Crippen molar-refractivity contribution in [1.29, 1.82) is 0 Å². The Morgan fingerprint density at radius 1 is 1.03 bits per heavy atom. The van der Waals surface area contributed by atoms with Crippen LogP contribution in [0.5, 0.6) is 5.75 Å². The van der Waals surface area contributed by atoms with Gasteiger partial charge in [-0.3, -0.25) is 9.59 Å². The van der Waals surface area contributed by atoms with E-state index in [2.05, 4.69) is 15.8 Å². The molecule has 0 bridgehead atoms. The van der Waals surface area contributed by atoms with Crippen molar-refractivity contribution in [2.24, 2.45) is 0 Å². The minimum absolute atomic E-state index is 0.153. The summed E-state index contributed by atoms with van der Waals surface area (Å²) in [7, 11) is 1.60. The van der Waals surface area contributed by atoms with Crippen molar-refractivity contribution in [3.8, 4) is 17.1 Å². The number of carbonyl (C=O) groups excluding carboxylic acids is 2. The van der Waals surface area contributed by atoms with E-state index in [1.807, 2.05) is 54.6 Å². The number of amides is 2. The fraction of sp³-hybridized carbons (Fsp3) is 0.250. The largest absolute Gasteiger partial charge is 0.497 e. The van der Waals surface area contributed by atoms with Crippen molar-refractivity contribution in [3.05, 3.63) is 87.9 Å². The van der Waals surface area contributed by atoms with Crippen molar-refractivity contribution in [2.45, 2.75) is 32.1 Å². The molecule has 2 amide bonds. The van der Waals surface area contributed by atoms with E-state index in [-0.39, 0.29) is 11.6 Å². The highest BCUT2D eigenvalue weighted by Gasteiger charge is 2.27. The third-order valence-corrected chi connectivity index (χ3v) is 7.49. The first kappa shape index (κ1) is 23.8. The number of hydrogen-bond acceptors (Lipinski definition) is 6. The lowest BCUT2D eigenvalue weighted by atomic mass is 9.95. The number of hydrogen-bond donors (Lipinski definition) is 2. The molecule has 1 aliphatic rings. The van der Waals surface area contributed by atoms with Gasteiger partial charge < -0.3 is 19.9 Å². The van der Waals surface area contributed by atoms with E-state index in [9.17, 15) is 9.59 Å². The number of benzene rings is 2. The van der Waals surface area contributed by atoms with Crippen LogP contribution in [0.15, 0.2) is 65.2 Å². The average molecular weight is 502 g/mol. The number of aromatic nitrogens is 1. The van der Waals surface area contributed by atoms with E-state index in [4.69, 9.17) is 9.26 Å². The molecular weight excluding hydrogens is 474 g/mol. The standard InChI is InChI=1S/C28H27N3O4S/c1-34-20-13-11-19(12-14-20)23-17-22(31-35-23)26(32)30-28-25(21-9-5-6-10-24(21)36-28)27(33)29-16-15-18-7-3-2-4-8-18/h2-4,7-8,11-14,17H,5-6,9-10,15-16H2,1H3,(H,29,33)(H,30,32). The number of rotatable bonds is 8. The van der Waals surface area contributed by atoms with Crippen LogP contribution in [0.4, 0.5) is 5.00 Å². The zero-order chi connectivity index (χ0) is 24.9. The predicted molar refractivity (Wildman–Crippen MR) is 140 cm³/mol. The number of ether oxygens (including phenoxy) is 1. The maximum atomic E-state index is 13.2. The van der Waals surface area contributed by atoms with Crippen molar-refractivity contribution >= 4 is 28.2 Å². The molecule has 0 spiro atoms. The molecule has 4 aromatic rings. The molecule has 2 aromatic carbocycles. The molecule has 8 heteroatoms. The lowest BCUT2D eigenvalue weighted by Gasteiger charge is -2.13.